The molecule has 1 aliphatic rings. The van der Waals surface area contributed by atoms with Gasteiger partial charge in [0.1, 0.15) is 11.9 Å². The molecule has 4 heteroatoms. The van der Waals surface area contributed by atoms with E-state index >= 15 is 0 Å². The van der Waals surface area contributed by atoms with Crippen LogP contribution in [0.25, 0.3) is 0 Å². The molecule has 0 amide bonds. The third-order valence-corrected chi connectivity index (χ3v) is 3.87. The molecule has 0 saturated carbocycles. The Bertz CT molecular complexity index is 642. The maximum Gasteiger partial charge on any atom is 0.158 e. The predicted molar refractivity (Wildman–Crippen MR) is 77.2 cm³/mol. The first-order valence-electron chi connectivity index (χ1n) is 6.87. The van der Waals surface area contributed by atoms with Crippen molar-refractivity contribution in [3.63, 3.8) is 0 Å². The third kappa shape index (κ3) is 2.23. The molecule has 2 heterocycles. The molecule has 0 unspecified atom stereocenters. The molecule has 1 aromatic heterocycles. The van der Waals surface area contributed by atoms with Crippen molar-refractivity contribution in [2.24, 2.45) is 0 Å². The van der Waals surface area contributed by atoms with Crippen molar-refractivity contribution < 1.29 is 0 Å². The maximum atomic E-state index is 8.80. The first kappa shape index (κ1) is 12.6. The molecule has 0 bridgehead atoms. The lowest BCUT2D eigenvalue weighted by atomic mass is 9.93. The van der Waals surface area contributed by atoms with Crippen LogP contribution in [-0.4, -0.2) is 16.0 Å². The van der Waals surface area contributed by atoms with Gasteiger partial charge in [0.15, 0.2) is 5.69 Å². The number of nitrogens with zero attached hydrogens (tertiary/aromatic N) is 4. The zero-order valence-corrected chi connectivity index (χ0v) is 11.5. The fourth-order valence-electron chi connectivity index (χ4n) is 2.75. The summed E-state index contributed by atoms with van der Waals surface area (Å²) in [6.07, 6.45) is 5.35. The Morgan fingerprint density at radius 2 is 2.05 bits per heavy atom. The van der Waals surface area contributed by atoms with E-state index in [9.17, 15) is 0 Å². The number of rotatable bonds is 2. The number of fused-ring (bicyclic) bond motifs is 1. The average molecular weight is 264 g/mol. The van der Waals surface area contributed by atoms with Crippen LogP contribution in [0.3, 0.4) is 0 Å². The number of benzene rings is 1. The number of hydrogen-bond acceptors (Lipinski definition) is 4. The second-order valence-corrected chi connectivity index (χ2v) is 5.03. The Hall–Kier alpha value is -2.41. The highest BCUT2D eigenvalue weighted by atomic mass is 15.2. The standard InChI is InChI=1S/C16H16N4/c1-2-15-7-12-5-3-4-6-13(12)11-20(15)16-10-18-14(8-17)9-19-16/h3-6,9-10,15H,2,7,11H2,1H3/t15-/m1/s1. The Morgan fingerprint density at radius 1 is 1.25 bits per heavy atom. The molecule has 1 atom stereocenters. The summed E-state index contributed by atoms with van der Waals surface area (Å²) >= 11 is 0. The molecule has 0 saturated heterocycles. The van der Waals surface area contributed by atoms with E-state index in [0.29, 0.717) is 11.7 Å². The normalized spacial score (nSPS) is 17.4. The third-order valence-electron chi connectivity index (χ3n) is 3.87. The highest BCUT2D eigenvalue weighted by molar-refractivity contribution is 5.45. The summed E-state index contributed by atoms with van der Waals surface area (Å²) in [5.74, 6) is 0.852. The largest absolute Gasteiger partial charge is 0.348 e. The van der Waals surface area contributed by atoms with E-state index in [4.69, 9.17) is 5.26 Å². The van der Waals surface area contributed by atoms with Gasteiger partial charge in [0.05, 0.1) is 12.4 Å². The maximum absolute atomic E-state index is 8.80. The van der Waals surface area contributed by atoms with Crippen LogP contribution in [0.15, 0.2) is 36.7 Å². The first-order valence-corrected chi connectivity index (χ1v) is 6.87. The quantitative estimate of drug-likeness (QED) is 0.836. The number of anilines is 1. The molecule has 1 aromatic carbocycles. The second kappa shape index (κ2) is 5.30. The summed E-state index contributed by atoms with van der Waals surface area (Å²) < 4.78 is 0. The van der Waals surface area contributed by atoms with Gasteiger partial charge in [0, 0.05) is 12.6 Å². The number of hydrogen-bond donors (Lipinski definition) is 0. The van der Waals surface area contributed by atoms with Gasteiger partial charge in [-0.25, -0.2) is 9.97 Å². The molecule has 2 aromatic rings. The summed E-state index contributed by atoms with van der Waals surface area (Å²) in [6.45, 7) is 3.05. The van der Waals surface area contributed by atoms with Gasteiger partial charge in [-0.05, 0) is 24.0 Å². The van der Waals surface area contributed by atoms with Crippen LogP contribution in [0, 0.1) is 11.3 Å². The fraction of sp³-hybridized carbons (Fsp3) is 0.312. The zero-order valence-electron chi connectivity index (χ0n) is 11.5. The van der Waals surface area contributed by atoms with Crippen molar-refractivity contribution in [2.45, 2.75) is 32.4 Å². The topological polar surface area (TPSA) is 52.8 Å². The second-order valence-electron chi connectivity index (χ2n) is 5.03. The van der Waals surface area contributed by atoms with E-state index in [-0.39, 0.29) is 0 Å². The van der Waals surface area contributed by atoms with Crippen molar-refractivity contribution >= 4 is 5.82 Å². The van der Waals surface area contributed by atoms with Crippen molar-refractivity contribution in [3.8, 4) is 6.07 Å². The molecule has 0 radical (unpaired) electrons. The van der Waals surface area contributed by atoms with Crippen LogP contribution >= 0.6 is 0 Å². The predicted octanol–water partition coefficient (Wildman–Crippen LogP) is 2.69. The summed E-state index contributed by atoms with van der Waals surface area (Å²) in [7, 11) is 0. The van der Waals surface area contributed by atoms with Crippen molar-refractivity contribution in [3.05, 3.63) is 53.5 Å². The van der Waals surface area contributed by atoms with Crippen LogP contribution in [0.2, 0.25) is 0 Å². The molecule has 1 aliphatic heterocycles. The Labute approximate surface area is 118 Å². The van der Waals surface area contributed by atoms with Gasteiger partial charge in [-0.3, -0.25) is 0 Å². The van der Waals surface area contributed by atoms with Gasteiger partial charge in [-0.2, -0.15) is 5.26 Å². The molecule has 20 heavy (non-hydrogen) atoms. The monoisotopic (exact) mass is 264 g/mol. The van der Waals surface area contributed by atoms with Gasteiger partial charge >= 0.3 is 0 Å². The smallest absolute Gasteiger partial charge is 0.158 e. The van der Waals surface area contributed by atoms with E-state index in [0.717, 1.165) is 25.2 Å². The molecule has 0 spiro atoms. The molecule has 0 N–H and O–H groups in total. The van der Waals surface area contributed by atoms with Crippen LogP contribution in [0.4, 0.5) is 5.82 Å². The van der Waals surface area contributed by atoms with Gasteiger partial charge in [-0.15, -0.1) is 0 Å². The molecule has 3 rings (SSSR count). The lowest BCUT2D eigenvalue weighted by molar-refractivity contribution is 0.533. The average Bonchev–Trinajstić information content (AvgIpc) is 2.53. The van der Waals surface area contributed by atoms with Gasteiger partial charge < -0.3 is 4.90 Å². The van der Waals surface area contributed by atoms with Crippen molar-refractivity contribution in [1.82, 2.24) is 9.97 Å². The summed E-state index contributed by atoms with van der Waals surface area (Å²) in [4.78, 5) is 10.8. The number of nitriles is 1. The van der Waals surface area contributed by atoms with Gasteiger partial charge in [0.2, 0.25) is 0 Å². The SMILES string of the molecule is CC[C@@H]1Cc2ccccc2CN1c1cnc(C#N)cn1. The Morgan fingerprint density at radius 3 is 2.70 bits per heavy atom. The van der Waals surface area contributed by atoms with Crippen molar-refractivity contribution in [1.29, 1.82) is 5.26 Å². The lowest BCUT2D eigenvalue weighted by Crippen LogP contribution is -2.40. The Balaban J connectivity index is 1.94. The fourth-order valence-corrected chi connectivity index (χ4v) is 2.75. The lowest BCUT2D eigenvalue weighted by Gasteiger charge is -2.37. The Kier molecular flexibility index (Phi) is 3.34. The minimum Gasteiger partial charge on any atom is -0.348 e. The van der Waals surface area contributed by atoms with Crippen LogP contribution in [-0.2, 0) is 13.0 Å². The van der Waals surface area contributed by atoms with Crippen LogP contribution < -0.4 is 4.90 Å². The van der Waals surface area contributed by atoms with Gasteiger partial charge in [-0.1, -0.05) is 31.2 Å². The van der Waals surface area contributed by atoms with Crippen LogP contribution in [0.1, 0.15) is 30.2 Å². The highest BCUT2D eigenvalue weighted by Crippen LogP contribution is 2.28. The summed E-state index contributed by atoms with van der Waals surface area (Å²) in [5, 5.41) is 8.80. The summed E-state index contributed by atoms with van der Waals surface area (Å²) in [5.41, 5.74) is 3.14. The first-order chi connectivity index (χ1) is 9.81. The molecular formula is C16H16N4. The van der Waals surface area contributed by atoms with E-state index in [1.165, 1.54) is 11.1 Å². The summed E-state index contributed by atoms with van der Waals surface area (Å²) in [6, 6.07) is 11.0. The molecular weight excluding hydrogens is 248 g/mol. The molecule has 100 valence electrons. The number of aromatic nitrogens is 2. The van der Waals surface area contributed by atoms with E-state index < -0.39 is 0 Å². The zero-order chi connectivity index (χ0) is 13.9. The van der Waals surface area contributed by atoms with E-state index in [2.05, 4.69) is 46.1 Å². The minimum atomic E-state index is 0.360. The molecule has 4 nitrogen and oxygen atoms in total. The highest BCUT2D eigenvalue weighted by Gasteiger charge is 2.25. The van der Waals surface area contributed by atoms with E-state index in [1.54, 1.807) is 12.4 Å². The van der Waals surface area contributed by atoms with E-state index in [1.807, 2.05) is 6.07 Å². The van der Waals surface area contributed by atoms with Crippen molar-refractivity contribution in [2.75, 3.05) is 4.90 Å². The van der Waals surface area contributed by atoms with Crippen LogP contribution in [0.5, 0.6) is 0 Å². The minimum absolute atomic E-state index is 0.360. The molecule has 0 aliphatic carbocycles. The molecule has 0 fully saturated rings. The van der Waals surface area contributed by atoms with Gasteiger partial charge in [0.25, 0.3) is 0 Å².